The van der Waals surface area contributed by atoms with Gasteiger partial charge in [0.25, 0.3) is 0 Å². The number of rotatable bonds is 7. The van der Waals surface area contributed by atoms with Crippen LogP contribution in [0, 0.1) is 5.92 Å². The molecule has 0 aromatic heterocycles. The molecule has 1 aliphatic carbocycles. The minimum Gasteiger partial charge on any atom is -0.377 e. The van der Waals surface area contributed by atoms with Gasteiger partial charge in [-0.2, -0.15) is 11.8 Å². The molecule has 3 heteroatoms. The number of ether oxygens (including phenoxy) is 1. The Labute approximate surface area is 123 Å². The number of nitrogens with one attached hydrogen (secondary N) is 1. The van der Waals surface area contributed by atoms with E-state index >= 15 is 0 Å². The zero-order valence-corrected chi connectivity index (χ0v) is 13.5. The van der Waals surface area contributed by atoms with E-state index in [-0.39, 0.29) is 0 Å². The normalized spacial score (nSPS) is 35.7. The predicted octanol–water partition coefficient (Wildman–Crippen LogP) is 3.85. The van der Waals surface area contributed by atoms with Crippen LogP contribution in [0.1, 0.15) is 58.8 Å². The summed E-state index contributed by atoms with van der Waals surface area (Å²) in [7, 11) is 0. The molecule has 0 radical (unpaired) electrons. The van der Waals surface area contributed by atoms with Gasteiger partial charge in [-0.1, -0.05) is 20.3 Å². The summed E-state index contributed by atoms with van der Waals surface area (Å²) in [5, 5.41) is 4.59. The molecule has 112 valence electrons. The molecule has 0 amide bonds. The summed E-state index contributed by atoms with van der Waals surface area (Å²) >= 11 is 2.18. The van der Waals surface area contributed by atoms with Gasteiger partial charge in [0.2, 0.25) is 0 Å². The smallest absolute Gasteiger partial charge is 0.0666 e. The quantitative estimate of drug-likeness (QED) is 0.768. The van der Waals surface area contributed by atoms with Crippen LogP contribution >= 0.6 is 11.8 Å². The van der Waals surface area contributed by atoms with Gasteiger partial charge in [-0.15, -0.1) is 0 Å². The third-order valence-corrected chi connectivity index (χ3v) is 6.17. The monoisotopic (exact) mass is 285 g/mol. The summed E-state index contributed by atoms with van der Waals surface area (Å²) in [5.41, 5.74) is 0. The van der Waals surface area contributed by atoms with Crippen molar-refractivity contribution in [3.05, 3.63) is 0 Å². The molecule has 4 unspecified atom stereocenters. The first-order valence-electron chi connectivity index (χ1n) is 8.30. The fourth-order valence-electron chi connectivity index (χ4n) is 3.34. The Morgan fingerprint density at radius 1 is 1.21 bits per heavy atom. The molecule has 0 spiro atoms. The van der Waals surface area contributed by atoms with E-state index in [9.17, 15) is 0 Å². The molecule has 2 fully saturated rings. The van der Waals surface area contributed by atoms with E-state index in [0.29, 0.717) is 6.10 Å². The lowest BCUT2D eigenvalue weighted by Gasteiger charge is -2.36. The largest absolute Gasteiger partial charge is 0.377 e. The fourth-order valence-corrected chi connectivity index (χ4v) is 4.93. The van der Waals surface area contributed by atoms with Crippen molar-refractivity contribution in [2.24, 2.45) is 5.92 Å². The molecular formula is C16H31NOS. The molecule has 2 aliphatic rings. The Bertz CT molecular complexity index is 243. The second-order valence-corrected chi connectivity index (χ2v) is 7.43. The van der Waals surface area contributed by atoms with Gasteiger partial charge in [0.1, 0.15) is 0 Å². The van der Waals surface area contributed by atoms with Crippen LogP contribution < -0.4 is 5.32 Å². The highest BCUT2D eigenvalue weighted by Crippen LogP contribution is 2.35. The van der Waals surface area contributed by atoms with Crippen molar-refractivity contribution in [2.75, 3.05) is 18.9 Å². The summed E-state index contributed by atoms with van der Waals surface area (Å²) in [6.07, 6.45) is 9.91. The van der Waals surface area contributed by atoms with Crippen LogP contribution in [0.4, 0.5) is 0 Å². The van der Waals surface area contributed by atoms with E-state index in [4.69, 9.17) is 4.74 Å². The summed E-state index contributed by atoms with van der Waals surface area (Å²) in [6, 6.07) is 0.745. The number of thioether (sulfide) groups is 1. The Kier molecular flexibility index (Phi) is 7.03. The Morgan fingerprint density at radius 3 is 2.79 bits per heavy atom. The highest BCUT2D eigenvalue weighted by atomic mass is 32.2. The molecular weight excluding hydrogens is 254 g/mol. The lowest BCUT2D eigenvalue weighted by atomic mass is 9.84. The summed E-state index contributed by atoms with van der Waals surface area (Å²) in [5.74, 6) is 2.17. The molecule has 1 saturated heterocycles. The van der Waals surface area contributed by atoms with Gasteiger partial charge in [-0.25, -0.2) is 0 Å². The molecule has 1 N–H and O–H groups in total. The van der Waals surface area contributed by atoms with E-state index in [0.717, 1.165) is 23.8 Å². The molecule has 19 heavy (non-hydrogen) atoms. The van der Waals surface area contributed by atoms with E-state index in [1.807, 2.05) is 0 Å². The van der Waals surface area contributed by atoms with E-state index < -0.39 is 0 Å². The van der Waals surface area contributed by atoms with Crippen molar-refractivity contribution >= 4 is 11.8 Å². The van der Waals surface area contributed by atoms with Crippen molar-refractivity contribution in [1.29, 1.82) is 0 Å². The maximum Gasteiger partial charge on any atom is 0.0666 e. The van der Waals surface area contributed by atoms with Gasteiger partial charge in [-0.3, -0.25) is 0 Å². The average Bonchev–Trinajstić information content (AvgIpc) is 2.96. The van der Waals surface area contributed by atoms with Gasteiger partial charge in [0.15, 0.2) is 0 Å². The lowest BCUT2D eigenvalue weighted by molar-refractivity contribution is 0.128. The van der Waals surface area contributed by atoms with Crippen LogP contribution in [0.25, 0.3) is 0 Å². The Morgan fingerprint density at radius 2 is 2.11 bits per heavy atom. The zero-order chi connectivity index (χ0) is 13.5. The molecule has 1 saturated carbocycles. The average molecular weight is 285 g/mol. The second-order valence-electron chi connectivity index (χ2n) is 6.15. The highest BCUT2D eigenvalue weighted by molar-refractivity contribution is 8.00. The maximum absolute atomic E-state index is 5.77. The second kappa shape index (κ2) is 8.53. The molecule has 0 aromatic carbocycles. The third kappa shape index (κ3) is 4.95. The molecule has 4 atom stereocenters. The summed E-state index contributed by atoms with van der Waals surface area (Å²) in [6.45, 7) is 6.79. The van der Waals surface area contributed by atoms with E-state index in [1.165, 1.54) is 57.2 Å². The minimum absolute atomic E-state index is 0.541. The first kappa shape index (κ1) is 15.7. The topological polar surface area (TPSA) is 21.3 Å². The molecule has 0 aromatic rings. The third-order valence-electron chi connectivity index (χ3n) is 4.65. The Hall–Kier alpha value is 0.270. The van der Waals surface area contributed by atoms with Gasteiger partial charge < -0.3 is 10.1 Å². The molecule has 0 bridgehead atoms. The first-order chi connectivity index (χ1) is 9.33. The van der Waals surface area contributed by atoms with Gasteiger partial charge in [0, 0.05) is 23.7 Å². The van der Waals surface area contributed by atoms with Crippen molar-refractivity contribution in [3.63, 3.8) is 0 Å². The van der Waals surface area contributed by atoms with Crippen molar-refractivity contribution < 1.29 is 4.74 Å². The molecule has 1 heterocycles. The zero-order valence-electron chi connectivity index (χ0n) is 12.7. The molecule has 1 aliphatic heterocycles. The first-order valence-corrected chi connectivity index (χ1v) is 9.35. The van der Waals surface area contributed by atoms with Crippen LogP contribution in [0.15, 0.2) is 0 Å². The number of hydrogen-bond acceptors (Lipinski definition) is 3. The molecule has 2 nitrogen and oxygen atoms in total. The van der Waals surface area contributed by atoms with Crippen LogP contribution in [-0.4, -0.2) is 36.3 Å². The summed E-state index contributed by atoms with van der Waals surface area (Å²) in [4.78, 5) is 0. The van der Waals surface area contributed by atoms with Crippen molar-refractivity contribution in [1.82, 2.24) is 5.32 Å². The SMILES string of the molecule is CCCNC1CCC(CC)CC1SCC1CCCO1. The van der Waals surface area contributed by atoms with Gasteiger partial charge in [0.05, 0.1) is 6.10 Å². The van der Waals surface area contributed by atoms with Crippen molar-refractivity contribution in [2.45, 2.75) is 76.2 Å². The fraction of sp³-hybridized carbons (Fsp3) is 1.00. The predicted molar refractivity (Wildman–Crippen MR) is 84.9 cm³/mol. The van der Waals surface area contributed by atoms with Gasteiger partial charge in [-0.05, 0) is 51.0 Å². The standard InChI is InChI=1S/C16H31NOS/c1-3-9-17-15-8-7-13(4-2)11-16(15)19-12-14-6-5-10-18-14/h13-17H,3-12H2,1-2H3. The van der Waals surface area contributed by atoms with Crippen LogP contribution in [0.3, 0.4) is 0 Å². The maximum atomic E-state index is 5.77. The summed E-state index contributed by atoms with van der Waals surface area (Å²) < 4.78 is 5.77. The van der Waals surface area contributed by atoms with Crippen LogP contribution in [0.2, 0.25) is 0 Å². The van der Waals surface area contributed by atoms with Crippen LogP contribution in [0.5, 0.6) is 0 Å². The highest BCUT2D eigenvalue weighted by Gasteiger charge is 2.30. The number of hydrogen-bond donors (Lipinski definition) is 1. The van der Waals surface area contributed by atoms with Crippen LogP contribution in [-0.2, 0) is 4.74 Å². The van der Waals surface area contributed by atoms with E-state index in [2.05, 4.69) is 30.9 Å². The van der Waals surface area contributed by atoms with Crippen molar-refractivity contribution in [3.8, 4) is 0 Å². The lowest BCUT2D eigenvalue weighted by Crippen LogP contribution is -2.43. The molecule has 2 rings (SSSR count). The Balaban J connectivity index is 1.79. The van der Waals surface area contributed by atoms with Gasteiger partial charge >= 0.3 is 0 Å². The minimum atomic E-state index is 0.541. The van der Waals surface area contributed by atoms with E-state index in [1.54, 1.807) is 0 Å².